The number of aromatic nitrogens is 1. The molecular formula is C32H42N2O8. The summed E-state index contributed by atoms with van der Waals surface area (Å²) in [4.78, 5) is 23.9. The molecule has 2 atom stereocenters. The molecule has 0 aliphatic heterocycles. The van der Waals surface area contributed by atoms with E-state index in [0.717, 1.165) is 60.2 Å². The Morgan fingerprint density at radius 1 is 1.07 bits per heavy atom. The summed E-state index contributed by atoms with van der Waals surface area (Å²) in [5.41, 5.74) is -0.308. The van der Waals surface area contributed by atoms with Crippen molar-refractivity contribution in [1.29, 1.82) is 0 Å². The molecule has 10 heteroatoms. The molecule has 42 heavy (non-hydrogen) atoms. The monoisotopic (exact) mass is 582 g/mol. The number of carbonyl (C=O) groups excluding carboxylic acids is 1. The van der Waals surface area contributed by atoms with Crippen molar-refractivity contribution in [3.8, 4) is 5.75 Å². The Kier molecular flexibility index (Phi) is 12.1. The van der Waals surface area contributed by atoms with E-state index in [2.05, 4.69) is 19.1 Å². The van der Waals surface area contributed by atoms with Gasteiger partial charge in [0.25, 0.3) is 0 Å². The minimum Gasteiger partial charge on any atom is -0.547 e. The highest BCUT2D eigenvalue weighted by atomic mass is 16.5. The van der Waals surface area contributed by atoms with Crippen LogP contribution in [0.5, 0.6) is 5.75 Å². The van der Waals surface area contributed by atoms with E-state index < -0.39 is 30.1 Å². The van der Waals surface area contributed by atoms with Gasteiger partial charge < -0.3 is 38.9 Å². The van der Waals surface area contributed by atoms with Gasteiger partial charge in [-0.1, -0.05) is 67.8 Å². The SMILES string of the molecule is C[N+](C)(CCCOc1ccccc1)Cc1cnc([C@](O)(c2ccccc2)C2CCCCC2)o1.O=C(O)CC(O)C(=O)[O-]. The molecule has 2 aromatic carbocycles. The topological polar surface area (TPSA) is 153 Å². The molecule has 1 unspecified atom stereocenters. The number of hydrogen-bond acceptors (Lipinski definition) is 8. The largest absolute Gasteiger partial charge is 0.547 e. The number of hydrogen-bond donors (Lipinski definition) is 3. The number of aliphatic hydroxyl groups is 2. The number of aliphatic carboxylic acids is 2. The highest BCUT2D eigenvalue weighted by molar-refractivity contribution is 5.77. The minimum atomic E-state index is -1.90. The van der Waals surface area contributed by atoms with E-state index in [-0.39, 0.29) is 5.92 Å². The van der Waals surface area contributed by atoms with Crippen LogP contribution in [0.25, 0.3) is 0 Å². The van der Waals surface area contributed by atoms with Crippen molar-refractivity contribution in [2.24, 2.45) is 5.92 Å². The zero-order valence-corrected chi connectivity index (χ0v) is 24.4. The fourth-order valence-electron chi connectivity index (χ4n) is 5.25. The lowest BCUT2D eigenvalue weighted by Crippen LogP contribution is -2.40. The average molecular weight is 583 g/mol. The third-order valence-corrected chi connectivity index (χ3v) is 7.43. The first kappa shape index (κ1) is 32.8. The number of carboxylic acid groups (broad SMARTS) is 2. The van der Waals surface area contributed by atoms with Gasteiger partial charge in [0.1, 0.15) is 18.4 Å². The van der Waals surface area contributed by atoms with E-state index in [4.69, 9.17) is 19.4 Å². The molecule has 3 aromatic rings. The van der Waals surface area contributed by atoms with E-state index in [1.165, 1.54) is 6.42 Å². The summed E-state index contributed by atoms with van der Waals surface area (Å²) in [6, 6.07) is 19.8. The molecular weight excluding hydrogens is 540 g/mol. The van der Waals surface area contributed by atoms with Crippen molar-refractivity contribution in [2.45, 2.75) is 63.2 Å². The van der Waals surface area contributed by atoms with Crippen molar-refractivity contribution in [1.82, 2.24) is 4.98 Å². The number of rotatable bonds is 13. The Morgan fingerprint density at radius 2 is 1.69 bits per heavy atom. The fraction of sp³-hybridized carbons (Fsp3) is 0.469. The molecule has 0 spiro atoms. The molecule has 1 saturated carbocycles. The van der Waals surface area contributed by atoms with Crippen LogP contribution < -0.4 is 9.84 Å². The maximum atomic E-state index is 12.0. The van der Waals surface area contributed by atoms with Crippen molar-refractivity contribution in [2.75, 3.05) is 27.2 Å². The quantitative estimate of drug-likeness (QED) is 0.204. The van der Waals surface area contributed by atoms with Gasteiger partial charge in [-0.15, -0.1) is 0 Å². The summed E-state index contributed by atoms with van der Waals surface area (Å²) >= 11 is 0. The molecule has 1 heterocycles. The second-order valence-electron chi connectivity index (χ2n) is 11.4. The number of carboxylic acids is 2. The van der Waals surface area contributed by atoms with E-state index in [1.807, 2.05) is 60.7 Å². The smallest absolute Gasteiger partial charge is 0.306 e. The number of para-hydroxylation sites is 1. The second-order valence-corrected chi connectivity index (χ2v) is 11.4. The zero-order chi connectivity index (χ0) is 30.6. The molecule has 0 radical (unpaired) electrons. The third-order valence-electron chi connectivity index (χ3n) is 7.43. The number of ether oxygens (including phenoxy) is 1. The molecule has 1 fully saturated rings. The van der Waals surface area contributed by atoms with Crippen LogP contribution in [0.4, 0.5) is 0 Å². The van der Waals surface area contributed by atoms with Crippen LogP contribution in [0.15, 0.2) is 71.3 Å². The molecule has 1 aliphatic rings. The maximum Gasteiger partial charge on any atom is 0.306 e. The second kappa shape index (κ2) is 15.5. The zero-order valence-electron chi connectivity index (χ0n) is 24.4. The highest BCUT2D eigenvalue weighted by Gasteiger charge is 2.44. The lowest BCUT2D eigenvalue weighted by molar-refractivity contribution is -0.904. The predicted molar refractivity (Wildman–Crippen MR) is 153 cm³/mol. The van der Waals surface area contributed by atoms with E-state index in [0.29, 0.717) is 19.0 Å². The third kappa shape index (κ3) is 9.68. The van der Waals surface area contributed by atoms with Crippen LogP contribution in [0, 0.1) is 5.92 Å². The molecule has 10 nitrogen and oxygen atoms in total. The molecule has 3 N–H and O–H groups in total. The van der Waals surface area contributed by atoms with Gasteiger partial charge in [-0.2, -0.15) is 0 Å². The van der Waals surface area contributed by atoms with Gasteiger partial charge in [-0.05, 0) is 30.5 Å². The summed E-state index contributed by atoms with van der Waals surface area (Å²) < 4.78 is 12.9. The summed E-state index contributed by atoms with van der Waals surface area (Å²) in [6.07, 6.45) is 5.52. The number of carbonyl (C=O) groups is 2. The van der Waals surface area contributed by atoms with Gasteiger partial charge in [-0.25, -0.2) is 4.98 Å². The van der Waals surface area contributed by atoms with Crippen molar-refractivity contribution in [3.63, 3.8) is 0 Å². The summed E-state index contributed by atoms with van der Waals surface area (Å²) in [5.74, 6) is -0.861. The number of nitrogens with zero attached hydrogens (tertiary/aromatic N) is 2. The van der Waals surface area contributed by atoms with Gasteiger partial charge in [0, 0.05) is 12.3 Å². The van der Waals surface area contributed by atoms with Crippen LogP contribution in [0.3, 0.4) is 0 Å². The Balaban J connectivity index is 0.000000467. The number of quaternary nitrogens is 1. The molecule has 4 rings (SSSR count). The Labute approximate surface area is 246 Å². The van der Waals surface area contributed by atoms with Gasteiger partial charge in [0.2, 0.25) is 5.89 Å². The van der Waals surface area contributed by atoms with Crippen molar-refractivity contribution in [3.05, 3.63) is 84.1 Å². The fourth-order valence-corrected chi connectivity index (χ4v) is 5.25. The Hall–Kier alpha value is -3.73. The van der Waals surface area contributed by atoms with E-state index >= 15 is 0 Å². The number of benzene rings is 2. The minimum absolute atomic E-state index is 0.123. The van der Waals surface area contributed by atoms with Crippen LogP contribution in [0.2, 0.25) is 0 Å². The van der Waals surface area contributed by atoms with Crippen molar-refractivity contribution >= 4 is 11.9 Å². The average Bonchev–Trinajstić information content (AvgIpc) is 3.44. The lowest BCUT2D eigenvalue weighted by atomic mass is 9.73. The predicted octanol–water partition coefficient (Wildman–Crippen LogP) is 3.11. The molecule has 228 valence electrons. The first-order valence-corrected chi connectivity index (χ1v) is 14.3. The first-order chi connectivity index (χ1) is 20.0. The maximum absolute atomic E-state index is 12.0. The van der Waals surface area contributed by atoms with Gasteiger partial charge in [-0.3, -0.25) is 4.79 Å². The molecule has 0 saturated heterocycles. The summed E-state index contributed by atoms with van der Waals surface area (Å²) in [6.45, 7) is 2.35. The van der Waals surface area contributed by atoms with Crippen LogP contribution in [0.1, 0.15) is 62.2 Å². The van der Waals surface area contributed by atoms with E-state index in [9.17, 15) is 19.8 Å². The molecule has 0 amide bonds. The molecule has 1 aliphatic carbocycles. The normalized spacial score (nSPS) is 16.0. The number of oxazole rings is 1. The Morgan fingerprint density at radius 3 is 2.26 bits per heavy atom. The number of aliphatic hydroxyl groups excluding tert-OH is 1. The van der Waals surface area contributed by atoms with Gasteiger partial charge in [0.05, 0.1) is 45.8 Å². The first-order valence-electron chi connectivity index (χ1n) is 14.3. The lowest BCUT2D eigenvalue weighted by Gasteiger charge is -2.36. The standard InChI is InChI=1S/C28H37N2O3.C4H6O5/c1-30(2,19-12-20-32-25-17-10-5-11-18-25)22-26-21-29-27(33-26)28(31,23-13-6-3-7-14-23)24-15-8-4-9-16-24;5-2(4(8)9)1-3(6)7/h3,5-7,10-11,13-14,17-18,21,24,31H,4,8-9,12,15-16,19-20,22H2,1-2H3;2,5H,1H2,(H,6,7)(H,8,9)/q+1;/p-1/t28-;/m0./s1. The molecule has 0 bridgehead atoms. The molecule has 1 aromatic heterocycles. The van der Waals surface area contributed by atoms with Crippen LogP contribution in [-0.4, -0.2) is 70.1 Å². The van der Waals surface area contributed by atoms with Crippen LogP contribution >= 0.6 is 0 Å². The van der Waals surface area contributed by atoms with E-state index in [1.54, 1.807) is 6.20 Å². The van der Waals surface area contributed by atoms with Crippen molar-refractivity contribution < 1.29 is 43.7 Å². The summed E-state index contributed by atoms with van der Waals surface area (Å²) in [5, 5.41) is 37.7. The van der Waals surface area contributed by atoms with Crippen LogP contribution in [-0.2, 0) is 21.7 Å². The van der Waals surface area contributed by atoms with Gasteiger partial charge >= 0.3 is 5.97 Å². The highest BCUT2D eigenvalue weighted by Crippen LogP contribution is 2.43. The van der Waals surface area contributed by atoms with Gasteiger partial charge in [0.15, 0.2) is 11.4 Å². The summed E-state index contributed by atoms with van der Waals surface area (Å²) in [7, 11) is 4.38. The Bertz CT molecular complexity index is 1240.